The van der Waals surface area contributed by atoms with Crippen molar-refractivity contribution in [1.82, 2.24) is 0 Å². The quantitative estimate of drug-likeness (QED) is 0.841. The number of amides is 1. The van der Waals surface area contributed by atoms with E-state index >= 15 is 0 Å². The van der Waals surface area contributed by atoms with Crippen LogP contribution < -0.4 is 16.2 Å². The summed E-state index contributed by atoms with van der Waals surface area (Å²) in [6, 6.07) is 9.16. The van der Waals surface area contributed by atoms with Crippen LogP contribution in [-0.4, -0.2) is 5.91 Å². The zero-order valence-electron chi connectivity index (χ0n) is 10.4. The lowest BCUT2D eigenvalue weighted by Gasteiger charge is -2.11. The summed E-state index contributed by atoms with van der Waals surface area (Å²) in [4.78, 5) is 10.9. The van der Waals surface area contributed by atoms with Gasteiger partial charge in [0.05, 0.1) is 10.2 Å². The molecular weight excluding hydrogens is 327 g/mol. The highest BCUT2D eigenvalue weighted by Crippen LogP contribution is 2.32. The van der Waals surface area contributed by atoms with Crippen LogP contribution in [0.15, 0.2) is 40.9 Å². The number of primary amides is 1. The van der Waals surface area contributed by atoms with E-state index in [1.807, 2.05) is 0 Å². The number of hydrogen-bond donors (Lipinski definition) is 2. The zero-order chi connectivity index (χ0) is 14.7. The van der Waals surface area contributed by atoms with Crippen molar-refractivity contribution in [3.05, 3.63) is 57.8 Å². The molecule has 0 heterocycles. The van der Waals surface area contributed by atoms with Crippen LogP contribution in [-0.2, 0) is 6.61 Å². The lowest BCUT2D eigenvalue weighted by atomic mass is 10.1. The first-order valence-electron chi connectivity index (χ1n) is 5.73. The zero-order valence-corrected chi connectivity index (χ0v) is 12.0. The molecule has 0 bridgehead atoms. The topological polar surface area (TPSA) is 78.3 Å². The van der Waals surface area contributed by atoms with Gasteiger partial charge in [0.25, 0.3) is 0 Å². The molecule has 104 valence electrons. The molecule has 0 aliphatic rings. The van der Waals surface area contributed by atoms with Gasteiger partial charge in [-0.1, -0.05) is 12.1 Å². The predicted octanol–water partition coefficient (Wildman–Crippen LogP) is 2.85. The second kappa shape index (κ2) is 5.92. The minimum atomic E-state index is -0.483. The van der Waals surface area contributed by atoms with Crippen molar-refractivity contribution in [2.75, 3.05) is 5.73 Å². The molecule has 0 unspecified atom stereocenters. The third kappa shape index (κ3) is 3.27. The largest absolute Gasteiger partial charge is 0.486 e. The second-order valence-electron chi connectivity index (χ2n) is 4.16. The van der Waals surface area contributed by atoms with E-state index in [9.17, 15) is 9.18 Å². The normalized spacial score (nSPS) is 10.3. The summed E-state index contributed by atoms with van der Waals surface area (Å²) < 4.78 is 19.1. The van der Waals surface area contributed by atoms with Crippen molar-refractivity contribution in [2.24, 2.45) is 5.73 Å². The Morgan fingerprint density at radius 2 is 1.90 bits per heavy atom. The van der Waals surface area contributed by atoms with Crippen LogP contribution in [0.1, 0.15) is 15.9 Å². The maximum atomic E-state index is 13.1. The Balaban J connectivity index is 2.11. The summed E-state index contributed by atoms with van der Waals surface area (Å²) in [6.45, 7) is 0.244. The van der Waals surface area contributed by atoms with Crippen molar-refractivity contribution in [3.63, 3.8) is 0 Å². The fourth-order valence-electron chi connectivity index (χ4n) is 1.65. The van der Waals surface area contributed by atoms with Gasteiger partial charge in [-0.2, -0.15) is 0 Å². The summed E-state index contributed by atoms with van der Waals surface area (Å²) in [5, 5.41) is 0. The minimum absolute atomic E-state index is 0.214. The van der Waals surface area contributed by atoms with E-state index in [2.05, 4.69) is 15.9 Å². The molecule has 0 atom stereocenters. The molecule has 4 nitrogen and oxygen atoms in total. The molecule has 1 amide bonds. The molecule has 20 heavy (non-hydrogen) atoms. The van der Waals surface area contributed by atoms with Crippen molar-refractivity contribution in [3.8, 4) is 5.75 Å². The van der Waals surface area contributed by atoms with Crippen molar-refractivity contribution < 1.29 is 13.9 Å². The third-order valence-electron chi connectivity index (χ3n) is 2.66. The molecule has 2 aromatic carbocycles. The molecule has 0 spiro atoms. The molecule has 4 N–H and O–H groups in total. The Labute approximate surface area is 123 Å². The monoisotopic (exact) mass is 338 g/mol. The number of nitrogen functional groups attached to an aromatic ring is 1. The van der Waals surface area contributed by atoms with Crippen LogP contribution in [0.4, 0.5) is 10.1 Å². The van der Waals surface area contributed by atoms with Crippen molar-refractivity contribution in [2.45, 2.75) is 6.61 Å². The highest BCUT2D eigenvalue weighted by Gasteiger charge is 2.09. The van der Waals surface area contributed by atoms with Gasteiger partial charge in [0.2, 0.25) is 5.91 Å². The number of benzene rings is 2. The number of carbonyl (C=O) groups excluding carboxylic acids is 1. The Morgan fingerprint density at radius 1 is 1.25 bits per heavy atom. The number of hydrogen-bond acceptors (Lipinski definition) is 3. The number of anilines is 1. The standard InChI is InChI=1S/C14H12BrFN2O2/c15-11-5-10(16)6-12(17)13(11)20-7-8-1-3-9(4-2-8)14(18)19/h1-6H,7,17H2,(H2,18,19). The first-order valence-corrected chi connectivity index (χ1v) is 6.52. The minimum Gasteiger partial charge on any atom is -0.486 e. The molecule has 2 aromatic rings. The van der Waals surface area contributed by atoms with Crippen molar-refractivity contribution in [1.29, 1.82) is 0 Å². The SMILES string of the molecule is NC(=O)c1ccc(COc2c(N)cc(F)cc2Br)cc1. The Morgan fingerprint density at radius 3 is 2.45 bits per heavy atom. The molecule has 0 radical (unpaired) electrons. The molecule has 2 rings (SSSR count). The number of rotatable bonds is 4. The molecule has 0 fully saturated rings. The first kappa shape index (κ1) is 14.3. The lowest BCUT2D eigenvalue weighted by Crippen LogP contribution is -2.10. The number of ether oxygens (including phenoxy) is 1. The van der Waals surface area contributed by atoms with Gasteiger partial charge in [-0.25, -0.2) is 4.39 Å². The van der Waals surface area contributed by atoms with Gasteiger partial charge in [0.15, 0.2) is 5.75 Å². The average molecular weight is 339 g/mol. The predicted molar refractivity (Wildman–Crippen MR) is 77.8 cm³/mol. The van der Waals surface area contributed by atoms with E-state index in [1.165, 1.54) is 12.1 Å². The van der Waals surface area contributed by atoms with Crippen LogP contribution in [0.3, 0.4) is 0 Å². The van der Waals surface area contributed by atoms with Gasteiger partial charge in [-0.3, -0.25) is 4.79 Å². The highest BCUT2D eigenvalue weighted by molar-refractivity contribution is 9.10. The van der Waals surface area contributed by atoms with Gasteiger partial charge in [0.1, 0.15) is 12.4 Å². The first-order chi connectivity index (χ1) is 9.47. The van der Waals surface area contributed by atoms with E-state index in [0.717, 1.165) is 5.56 Å². The summed E-state index contributed by atoms with van der Waals surface area (Å²) in [5.41, 5.74) is 12.3. The number of nitrogens with two attached hydrogens (primary N) is 2. The lowest BCUT2D eigenvalue weighted by molar-refractivity contribution is 0.1000. The molecular formula is C14H12BrFN2O2. The van der Waals surface area contributed by atoms with Gasteiger partial charge < -0.3 is 16.2 Å². The van der Waals surface area contributed by atoms with E-state index in [4.69, 9.17) is 16.2 Å². The third-order valence-corrected chi connectivity index (χ3v) is 3.25. The molecule has 6 heteroatoms. The second-order valence-corrected chi connectivity index (χ2v) is 5.01. The Hall–Kier alpha value is -2.08. The fourth-order valence-corrected chi connectivity index (χ4v) is 2.22. The highest BCUT2D eigenvalue weighted by atomic mass is 79.9. The summed E-state index contributed by atoms with van der Waals surface area (Å²) in [6.07, 6.45) is 0. The van der Waals surface area contributed by atoms with E-state index in [-0.39, 0.29) is 12.3 Å². The Bertz CT molecular complexity index is 621. The molecule has 0 saturated heterocycles. The molecule has 0 saturated carbocycles. The summed E-state index contributed by atoms with van der Waals surface area (Å²) >= 11 is 3.20. The number of halogens is 2. The average Bonchev–Trinajstić information content (AvgIpc) is 2.38. The maximum Gasteiger partial charge on any atom is 0.248 e. The van der Waals surface area contributed by atoms with Gasteiger partial charge in [-0.15, -0.1) is 0 Å². The summed E-state index contributed by atoms with van der Waals surface area (Å²) in [5.74, 6) is -0.541. The molecule has 0 aromatic heterocycles. The smallest absolute Gasteiger partial charge is 0.248 e. The van der Waals surface area contributed by atoms with E-state index in [1.54, 1.807) is 24.3 Å². The Kier molecular flexibility index (Phi) is 4.24. The molecule has 0 aliphatic carbocycles. The van der Waals surface area contributed by atoms with E-state index < -0.39 is 11.7 Å². The van der Waals surface area contributed by atoms with Crippen LogP contribution >= 0.6 is 15.9 Å². The van der Waals surface area contributed by atoms with Gasteiger partial charge in [-0.05, 0) is 39.7 Å². The summed E-state index contributed by atoms with van der Waals surface area (Å²) in [7, 11) is 0. The van der Waals surface area contributed by atoms with Crippen LogP contribution in [0.5, 0.6) is 5.75 Å². The number of carbonyl (C=O) groups is 1. The van der Waals surface area contributed by atoms with Crippen LogP contribution in [0.25, 0.3) is 0 Å². The van der Waals surface area contributed by atoms with Crippen molar-refractivity contribution >= 4 is 27.5 Å². The van der Waals surface area contributed by atoms with E-state index in [0.29, 0.717) is 15.8 Å². The fraction of sp³-hybridized carbons (Fsp3) is 0.0714. The molecule has 0 aliphatic heterocycles. The van der Waals surface area contributed by atoms with Gasteiger partial charge >= 0.3 is 0 Å². The maximum absolute atomic E-state index is 13.1. The van der Waals surface area contributed by atoms with Gasteiger partial charge in [0, 0.05) is 11.6 Å². The van der Waals surface area contributed by atoms with Crippen LogP contribution in [0, 0.1) is 5.82 Å². The van der Waals surface area contributed by atoms with Crippen LogP contribution in [0.2, 0.25) is 0 Å².